The summed E-state index contributed by atoms with van der Waals surface area (Å²) in [4.78, 5) is 125. The number of benzene rings is 8. The number of hydrogen-bond donors (Lipinski definition) is 15. The van der Waals surface area contributed by atoms with E-state index in [1.807, 2.05) is 56.4 Å². The highest BCUT2D eigenvalue weighted by molar-refractivity contribution is 7.92. The highest BCUT2D eigenvalue weighted by Crippen LogP contribution is 2.44. The molecule has 2 aliphatic rings. The van der Waals surface area contributed by atoms with Crippen LogP contribution >= 0.6 is 34.8 Å². The van der Waals surface area contributed by atoms with Gasteiger partial charge in [-0.25, -0.2) is 23.4 Å². The SMILES string of the molecule is C=CC(=O)N1CCc2c1ccc(OC)c2Nc1ncc(Cl)c(Nc2ccccc2C(=O)NC)n1.C=CC(=O)Nc1cc2c(c(Nc3ncc(Cl)c(Nc4ccccc4C(=O)NC)n3)c1)CCCC2.C=CC(=O)Nc1ccc(OC)c(Nc2nc(Nc3ccccc3C(=O)NC)c3c(C)c[nH]c3n2)c1.C=CC(=O)Nc1ccc(OCC)c(Nc2ncc(Cl)c(Nc3ccccc3S(=O)(=O)C(C)C)n2)c1. The minimum atomic E-state index is -3.55. The Labute approximate surface area is 810 Å². The number of amides is 7. The third-order valence-electron chi connectivity index (χ3n) is 21.0. The number of H-pyrrole nitrogens is 1. The number of methoxy groups -OCH3 is 2. The number of nitrogens with zero attached hydrogens (tertiary/aromatic N) is 9. The highest BCUT2D eigenvalue weighted by atomic mass is 35.5. The molecule has 15 rings (SSSR count). The molecule has 8 aromatic carbocycles. The number of aryl methyl sites for hydroxylation is 2. The Bertz CT molecular complexity index is 6950. The number of ether oxygens (including phenoxy) is 3. The molecule has 710 valence electrons. The largest absolute Gasteiger partial charge is 0.495 e. The summed E-state index contributed by atoms with van der Waals surface area (Å²) < 4.78 is 42.3. The van der Waals surface area contributed by atoms with Crippen LogP contribution in [0, 0.1) is 6.92 Å². The van der Waals surface area contributed by atoms with Crippen molar-refractivity contribution in [3.05, 3.63) is 287 Å². The van der Waals surface area contributed by atoms with Crippen LogP contribution in [0.3, 0.4) is 0 Å². The second-order valence-corrected chi connectivity index (χ2v) is 34.0. The summed E-state index contributed by atoms with van der Waals surface area (Å²) in [6, 6.07) is 45.6. The average Bonchev–Trinajstić information content (AvgIpc) is 1.63. The average molecular weight is 1940 g/mol. The molecule has 36 nitrogen and oxygen atoms in total. The van der Waals surface area contributed by atoms with Gasteiger partial charge >= 0.3 is 0 Å². The quantitative estimate of drug-likeness (QED) is 0.0174. The van der Waals surface area contributed by atoms with E-state index in [1.54, 1.807) is 169 Å². The summed E-state index contributed by atoms with van der Waals surface area (Å²) in [6.45, 7) is 22.0. The van der Waals surface area contributed by atoms with E-state index in [0.29, 0.717) is 144 Å². The van der Waals surface area contributed by atoms with Gasteiger partial charge in [0.25, 0.3) is 17.7 Å². The summed E-state index contributed by atoms with van der Waals surface area (Å²) in [5, 5.41) is 42.4. The van der Waals surface area contributed by atoms with Gasteiger partial charge in [-0.05, 0) is 210 Å². The van der Waals surface area contributed by atoms with E-state index in [0.717, 1.165) is 53.6 Å². The zero-order chi connectivity index (χ0) is 98.9. The first-order chi connectivity index (χ1) is 66.5. The number of rotatable bonds is 32. The summed E-state index contributed by atoms with van der Waals surface area (Å²) in [7, 11) is 4.28. The van der Waals surface area contributed by atoms with Gasteiger partial charge in [-0.3, -0.25) is 33.6 Å². The fraction of sp³-hybridized carbons (Fsp3) is 0.173. The van der Waals surface area contributed by atoms with Gasteiger partial charge in [0.2, 0.25) is 47.4 Å². The van der Waals surface area contributed by atoms with E-state index in [9.17, 15) is 42.0 Å². The maximum Gasteiger partial charge on any atom is 0.253 e. The molecule has 0 bridgehead atoms. The van der Waals surface area contributed by atoms with Crippen LogP contribution in [0.2, 0.25) is 15.1 Å². The van der Waals surface area contributed by atoms with E-state index in [1.165, 1.54) is 60.1 Å². The smallest absolute Gasteiger partial charge is 0.253 e. The molecule has 13 aromatic rings. The number of fused-ring (bicyclic) bond motifs is 3. The molecule has 5 aromatic heterocycles. The van der Waals surface area contributed by atoms with Crippen LogP contribution in [0.25, 0.3) is 11.0 Å². The van der Waals surface area contributed by atoms with Crippen molar-refractivity contribution in [1.29, 1.82) is 0 Å². The van der Waals surface area contributed by atoms with E-state index in [4.69, 9.17) is 49.0 Å². The standard InChI is InChI=1S/C25H25ClN6O2.C25H25N7O3.C24H23ClN6O3.C24H26ClN5O4S/c1-3-22(33)29-16-12-15-8-4-5-9-17(15)21(13-16)31-25-28-14-19(26)23(32-25)30-20-11-7-6-10-18(20)24(34)27-2;1-5-20(33)28-15-10-11-19(35-4)18(12-15)30-25-31-22-21(14(2)13-27-22)23(32-25)29-17-9-7-6-8-16(17)24(34)26-3;1-4-20(32)31-12-11-15-18(31)9-10-19(34-3)21(15)29-24-27-13-16(25)22(30-24)28-17-8-6-5-7-14(17)23(33)26-2;1-5-22(31)27-16-11-12-20(34-6-2)19(13-16)29-24-26-14-17(25)23(30-24)28-18-9-7-8-10-21(18)35(32,33)15(3)4/h3,6-7,10-14H,1,4-5,8-9H2,2H3,(H,27,34)(H,29,33)(H2,28,30,31,32);5-13H,1H2,2-4H3,(H,26,34)(H,28,33)(H3,27,29,30,31,32);4-10,13H,1,11-12H2,2-3H3,(H,26,33)(H2,27,28,29,30);5,7-15H,1,6H2,2-4H3,(H,27,31)(H2,26,28,29,30). The summed E-state index contributed by atoms with van der Waals surface area (Å²) in [6.07, 6.45) is 15.8. The van der Waals surface area contributed by atoms with Crippen LogP contribution in [-0.2, 0) is 48.3 Å². The molecule has 7 amide bonds. The second kappa shape index (κ2) is 46.9. The number of carbonyl (C=O) groups excluding carboxylic acids is 7. The normalized spacial score (nSPS) is 11.5. The van der Waals surface area contributed by atoms with Crippen molar-refractivity contribution in [2.75, 3.05) is 112 Å². The highest BCUT2D eigenvalue weighted by Gasteiger charge is 2.30. The van der Waals surface area contributed by atoms with Gasteiger partial charge in [-0.2, -0.15) is 24.9 Å². The molecule has 6 heterocycles. The second-order valence-electron chi connectivity index (χ2n) is 30.3. The molecule has 0 unspecified atom stereocenters. The van der Waals surface area contributed by atoms with Gasteiger partial charge in [0, 0.05) is 67.9 Å². The molecule has 0 radical (unpaired) electrons. The predicted molar refractivity (Wildman–Crippen MR) is 544 cm³/mol. The van der Waals surface area contributed by atoms with Gasteiger partial charge in [0.05, 0.1) is 111 Å². The van der Waals surface area contributed by atoms with Crippen molar-refractivity contribution in [3.63, 3.8) is 0 Å². The lowest BCUT2D eigenvalue weighted by Gasteiger charge is -2.22. The van der Waals surface area contributed by atoms with Gasteiger partial charge in [0.1, 0.15) is 43.8 Å². The zero-order valence-electron chi connectivity index (χ0n) is 76.5. The van der Waals surface area contributed by atoms with E-state index >= 15 is 0 Å². The Morgan fingerprint density at radius 1 is 0.471 bits per heavy atom. The third kappa shape index (κ3) is 24.9. The molecular formula is C98H99Cl3N24O12S. The van der Waals surface area contributed by atoms with Gasteiger partial charge < -0.3 is 98.5 Å². The number of nitrogens with one attached hydrogen (secondary N) is 15. The molecular weight excluding hydrogens is 1840 g/mol. The van der Waals surface area contributed by atoms with Crippen LogP contribution in [0.4, 0.5) is 115 Å². The first-order valence-electron chi connectivity index (χ1n) is 42.9. The number of aromatic amines is 1. The fourth-order valence-electron chi connectivity index (χ4n) is 14.3. The molecule has 0 spiro atoms. The Hall–Kier alpha value is -16.5. The lowest BCUT2D eigenvalue weighted by molar-refractivity contribution is -0.114. The third-order valence-corrected chi connectivity index (χ3v) is 24.1. The summed E-state index contributed by atoms with van der Waals surface area (Å²) in [5.41, 5.74) is 13.4. The van der Waals surface area contributed by atoms with E-state index < -0.39 is 15.1 Å². The topological polar surface area (TPSA) is 472 Å². The molecule has 0 saturated carbocycles. The zero-order valence-corrected chi connectivity index (χ0v) is 79.5. The molecule has 1 aliphatic heterocycles. The molecule has 0 fully saturated rings. The lowest BCUT2D eigenvalue weighted by atomic mass is 9.90. The minimum Gasteiger partial charge on any atom is -0.495 e. The number of sulfone groups is 1. The number of halogens is 3. The Morgan fingerprint density at radius 3 is 1.41 bits per heavy atom. The van der Waals surface area contributed by atoms with Gasteiger partial charge in [-0.15, -0.1) is 0 Å². The van der Waals surface area contributed by atoms with E-state index in [-0.39, 0.29) is 80.0 Å². The van der Waals surface area contributed by atoms with Crippen LogP contribution in [0.5, 0.6) is 17.2 Å². The molecule has 0 atom stereocenters. The molecule has 40 heteroatoms. The molecule has 15 N–H and O–H groups in total. The fourth-order valence-corrected chi connectivity index (χ4v) is 15.9. The maximum absolute atomic E-state index is 12.8. The summed E-state index contributed by atoms with van der Waals surface area (Å²) in [5.74, 6) is 2.31. The lowest BCUT2D eigenvalue weighted by Crippen LogP contribution is -2.26. The summed E-state index contributed by atoms with van der Waals surface area (Å²) >= 11 is 19.0. The molecule has 138 heavy (non-hydrogen) atoms. The number of hydrogen-bond acceptors (Lipinski definition) is 28. The van der Waals surface area contributed by atoms with E-state index in [2.05, 4.69) is 146 Å². The maximum atomic E-state index is 12.8. The number of anilines is 20. The number of aromatic nitrogens is 9. The van der Waals surface area contributed by atoms with Crippen LogP contribution in [-0.4, -0.2) is 148 Å². The van der Waals surface area contributed by atoms with Gasteiger partial charge in [-0.1, -0.05) is 110 Å². The van der Waals surface area contributed by atoms with Crippen molar-refractivity contribution < 1.29 is 56.2 Å². The van der Waals surface area contributed by atoms with Crippen molar-refractivity contribution in [3.8, 4) is 17.2 Å². The van der Waals surface area contributed by atoms with Crippen LogP contribution < -0.4 is 93.5 Å². The Balaban J connectivity index is 0.000000165. The van der Waals surface area contributed by atoms with Crippen molar-refractivity contribution in [2.24, 2.45) is 0 Å². The van der Waals surface area contributed by atoms with Crippen molar-refractivity contribution in [2.45, 2.75) is 69.9 Å². The number of para-hydroxylation sites is 4. The molecule has 1 aliphatic carbocycles. The Morgan fingerprint density at radius 2 is 0.906 bits per heavy atom. The Kier molecular flexibility index (Phi) is 34.2. The molecule has 0 saturated heterocycles. The minimum absolute atomic E-state index is 0.142. The van der Waals surface area contributed by atoms with Crippen LogP contribution in [0.15, 0.2) is 238 Å². The van der Waals surface area contributed by atoms with Crippen molar-refractivity contribution >= 4 is 212 Å². The predicted octanol–water partition coefficient (Wildman–Crippen LogP) is 18.6. The first kappa shape index (κ1) is 100. The van der Waals surface area contributed by atoms with Crippen molar-refractivity contribution in [1.82, 2.24) is 60.8 Å². The van der Waals surface area contributed by atoms with Gasteiger partial charge in [0.15, 0.2) is 27.3 Å². The first-order valence-corrected chi connectivity index (χ1v) is 45.6. The monoisotopic (exact) mass is 1940 g/mol. The van der Waals surface area contributed by atoms with Crippen LogP contribution in [0.1, 0.15) is 86.9 Å². The number of carbonyl (C=O) groups is 7.